The number of ether oxygens (including phenoxy) is 1. The highest BCUT2D eigenvalue weighted by Crippen LogP contribution is 2.35. The van der Waals surface area contributed by atoms with Crippen molar-refractivity contribution in [2.45, 2.75) is 38.5 Å². The van der Waals surface area contributed by atoms with Crippen molar-refractivity contribution in [3.8, 4) is 5.75 Å². The molecule has 11 heteroatoms. The number of hydrogen-bond acceptors (Lipinski definition) is 6. The van der Waals surface area contributed by atoms with Gasteiger partial charge in [-0.3, -0.25) is 14.6 Å². The van der Waals surface area contributed by atoms with E-state index in [0.29, 0.717) is 33.1 Å². The maximum atomic E-state index is 13.0. The van der Waals surface area contributed by atoms with Crippen LogP contribution in [0.15, 0.2) is 54.6 Å². The van der Waals surface area contributed by atoms with E-state index >= 15 is 0 Å². The molecule has 6 rings (SSSR count). The first-order valence-electron chi connectivity index (χ1n) is 17.3. The molecule has 0 N–H and O–H groups in total. The van der Waals surface area contributed by atoms with E-state index in [-0.39, 0.29) is 5.91 Å². The molecule has 0 saturated carbocycles. The van der Waals surface area contributed by atoms with Crippen LogP contribution < -0.4 is 19.4 Å². The highest BCUT2D eigenvalue weighted by molar-refractivity contribution is 6.44. The standard InChI is InChI=1S/C37H45Cl4N5O2/c38-30-7-5-9-32(36(30)40)44-22-18-42(19-23-44)15-1-2-17-46-34-27-29(13-11-28(34)12-14-35(46)47)48-26-4-3-16-43-20-24-45(25-21-43)33-10-6-8-31(39)37(33)41/h5-11,13,27H,1-4,12,14-26H2. The molecule has 0 atom stereocenters. The van der Waals surface area contributed by atoms with Gasteiger partial charge in [0.15, 0.2) is 0 Å². The van der Waals surface area contributed by atoms with Gasteiger partial charge >= 0.3 is 0 Å². The number of benzene rings is 3. The van der Waals surface area contributed by atoms with E-state index in [1.54, 1.807) is 0 Å². The number of aryl methyl sites for hydroxylation is 1. The molecule has 7 nitrogen and oxygen atoms in total. The maximum Gasteiger partial charge on any atom is 0.227 e. The number of halogens is 4. The minimum Gasteiger partial charge on any atom is -0.494 e. The highest BCUT2D eigenvalue weighted by atomic mass is 35.5. The van der Waals surface area contributed by atoms with E-state index in [2.05, 4.69) is 37.8 Å². The zero-order valence-electron chi connectivity index (χ0n) is 27.5. The summed E-state index contributed by atoms with van der Waals surface area (Å²) in [5.41, 5.74) is 4.29. The Hall–Kier alpha value is -2.39. The SMILES string of the molecule is O=C1CCc2ccc(OCCCCN3CCN(c4cccc(Cl)c4Cl)CC3)cc2N1CCCCN1CCN(c2cccc(Cl)c2Cl)CC1. The molecule has 3 aromatic carbocycles. The Labute approximate surface area is 305 Å². The fourth-order valence-electron chi connectivity index (χ4n) is 6.98. The van der Waals surface area contributed by atoms with Crippen LogP contribution in [-0.4, -0.2) is 94.3 Å². The minimum absolute atomic E-state index is 0.212. The molecule has 3 aliphatic rings. The third-order valence-electron chi connectivity index (χ3n) is 9.79. The summed E-state index contributed by atoms with van der Waals surface area (Å²) in [5, 5.41) is 2.48. The lowest BCUT2D eigenvalue weighted by atomic mass is 10.0. The molecular weight excluding hydrogens is 688 g/mol. The van der Waals surface area contributed by atoms with Crippen LogP contribution in [-0.2, 0) is 11.2 Å². The molecule has 0 spiro atoms. The van der Waals surface area contributed by atoms with E-state index in [1.165, 1.54) is 5.56 Å². The lowest BCUT2D eigenvalue weighted by molar-refractivity contribution is -0.118. The zero-order valence-corrected chi connectivity index (χ0v) is 30.5. The van der Waals surface area contributed by atoms with Crippen molar-refractivity contribution in [2.75, 3.05) is 93.3 Å². The molecular formula is C37H45Cl4N5O2. The van der Waals surface area contributed by atoms with Crippen molar-refractivity contribution >= 4 is 69.4 Å². The van der Waals surface area contributed by atoms with Gasteiger partial charge in [-0.05, 0) is 81.1 Å². The molecule has 258 valence electrons. The molecule has 2 fully saturated rings. The largest absolute Gasteiger partial charge is 0.494 e. The smallest absolute Gasteiger partial charge is 0.227 e. The van der Waals surface area contributed by atoms with Gasteiger partial charge in [0.05, 0.1) is 43.8 Å². The number of amides is 1. The van der Waals surface area contributed by atoms with E-state index in [4.69, 9.17) is 51.1 Å². The molecule has 48 heavy (non-hydrogen) atoms. The Balaban J connectivity index is 0.896. The molecule has 3 aliphatic heterocycles. The van der Waals surface area contributed by atoms with Gasteiger partial charge in [-0.1, -0.05) is 64.6 Å². The van der Waals surface area contributed by atoms with E-state index in [0.717, 1.165) is 127 Å². The van der Waals surface area contributed by atoms with Crippen molar-refractivity contribution in [3.63, 3.8) is 0 Å². The van der Waals surface area contributed by atoms with E-state index < -0.39 is 0 Å². The predicted octanol–water partition coefficient (Wildman–Crippen LogP) is 8.16. The molecule has 0 aliphatic carbocycles. The number of carbonyl (C=O) groups excluding carboxylic acids is 1. The van der Waals surface area contributed by atoms with E-state index in [1.807, 2.05) is 41.3 Å². The summed E-state index contributed by atoms with van der Waals surface area (Å²) >= 11 is 25.3. The van der Waals surface area contributed by atoms with Crippen molar-refractivity contribution < 1.29 is 9.53 Å². The molecule has 1 amide bonds. The van der Waals surface area contributed by atoms with Crippen LogP contribution in [0.2, 0.25) is 20.1 Å². The third-order valence-corrected chi connectivity index (χ3v) is 11.4. The maximum absolute atomic E-state index is 13.0. The predicted molar refractivity (Wildman–Crippen MR) is 201 cm³/mol. The summed E-state index contributed by atoms with van der Waals surface area (Å²) in [5.74, 6) is 1.06. The van der Waals surface area contributed by atoms with Gasteiger partial charge in [0.1, 0.15) is 5.75 Å². The van der Waals surface area contributed by atoms with Gasteiger partial charge < -0.3 is 19.4 Å². The quantitative estimate of drug-likeness (QED) is 0.165. The number of nitrogens with zero attached hydrogens (tertiary/aromatic N) is 5. The van der Waals surface area contributed by atoms with Crippen molar-refractivity contribution in [1.29, 1.82) is 0 Å². The van der Waals surface area contributed by atoms with Crippen LogP contribution in [0.25, 0.3) is 0 Å². The molecule has 3 heterocycles. The first-order chi connectivity index (χ1) is 23.4. The van der Waals surface area contributed by atoms with Gasteiger partial charge in [-0.2, -0.15) is 0 Å². The van der Waals surface area contributed by atoms with Crippen LogP contribution in [0.4, 0.5) is 17.1 Å². The average molecular weight is 734 g/mol. The average Bonchev–Trinajstić information content (AvgIpc) is 3.10. The first-order valence-corrected chi connectivity index (χ1v) is 18.8. The summed E-state index contributed by atoms with van der Waals surface area (Å²) < 4.78 is 6.19. The fourth-order valence-corrected chi connectivity index (χ4v) is 7.81. The second-order valence-electron chi connectivity index (χ2n) is 12.9. The zero-order chi connectivity index (χ0) is 33.5. The van der Waals surface area contributed by atoms with Crippen LogP contribution >= 0.6 is 46.4 Å². The number of piperazine rings is 2. The normalized spacial score (nSPS) is 17.6. The van der Waals surface area contributed by atoms with Gasteiger partial charge in [0, 0.05) is 71.4 Å². The van der Waals surface area contributed by atoms with E-state index in [9.17, 15) is 4.79 Å². The summed E-state index contributed by atoms with van der Waals surface area (Å²) in [7, 11) is 0. The molecule has 0 radical (unpaired) electrons. The summed E-state index contributed by atoms with van der Waals surface area (Å²) in [4.78, 5) is 24.6. The lowest BCUT2D eigenvalue weighted by Gasteiger charge is -2.36. The lowest BCUT2D eigenvalue weighted by Crippen LogP contribution is -2.46. The summed E-state index contributed by atoms with van der Waals surface area (Å²) in [6.07, 6.45) is 5.45. The number of rotatable bonds is 13. The molecule has 0 aromatic heterocycles. The number of carbonyl (C=O) groups is 1. The Morgan fingerprint density at radius 1 is 0.583 bits per heavy atom. The van der Waals surface area contributed by atoms with Crippen LogP contribution in [0.3, 0.4) is 0 Å². The summed E-state index contributed by atoms with van der Waals surface area (Å²) in [6, 6.07) is 17.9. The van der Waals surface area contributed by atoms with Gasteiger partial charge in [-0.25, -0.2) is 0 Å². The topological polar surface area (TPSA) is 42.5 Å². The van der Waals surface area contributed by atoms with Crippen LogP contribution in [0.5, 0.6) is 5.75 Å². The number of anilines is 3. The van der Waals surface area contributed by atoms with Crippen molar-refractivity contribution in [3.05, 3.63) is 80.3 Å². The molecule has 0 bridgehead atoms. The van der Waals surface area contributed by atoms with Crippen molar-refractivity contribution in [1.82, 2.24) is 9.80 Å². The number of unbranched alkanes of at least 4 members (excludes halogenated alkanes) is 2. The third kappa shape index (κ3) is 8.85. The minimum atomic E-state index is 0.212. The van der Waals surface area contributed by atoms with Crippen LogP contribution in [0.1, 0.15) is 37.7 Å². The molecule has 3 aromatic rings. The summed E-state index contributed by atoms with van der Waals surface area (Å²) in [6.45, 7) is 11.2. The Morgan fingerprint density at radius 3 is 1.71 bits per heavy atom. The fraction of sp³-hybridized carbons (Fsp3) is 0.486. The van der Waals surface area contributed by atoms with Gasteiger partial charge in [-0.15, -0.1) is 0 Å². The molecule has 2 saturated heterocycles. The van der Waals surface area contributed by atoms with Crippen molar-refractivity contribution in [2.24, 2.45) is 0 Å². The second-order valence-corrected chi connectivity index (χ2v) is 14.5. The highest BCUT2D eigenvalue weighted by Gasteiger charge is 2.25. The Bertz CT molecular complexity index is 1540. The van der Waals surface area contributed by atoms with Gasteiger partial charge in [0.2, 0.25) is 5.91 Å². The number of hydrogen-bond donors (Lipinski definition) is 0. The second kappa shape index (κ2) is 17.0. The Morgan fingerprint density at radius 2 is 1.12 bits per heavy atom. The number of fused-ring (bicyclic) bond motifs is 1. The Kier molecular flexibility index (Phi) is 12.6. The van der Waals surface area contributed by atoms with Crippen LogP contribution in [0, 0.1) is 0 Å². The first kappa shape index (κ1) is 35.4. The molecule has 0 unspecified atom stereocenters. The monoisotopic (exact) mass is 731 g/mol. The van der Waals surface area contributed by atoms with Gasteiger partial charge in [0.25, 0.3) is 0 Å².